The number of nitriles is 1. The lowest BCUT2D eigenvalue weighted by Gasteiger charge is -2.13. The van der Waals surface area contributed by atoms with Crippen LogP contribution in [0.5, 0.6) is 0 Å². The van der Waals surface area contributed by atoms with Gasteiger partial charge < -0.3 is 5.32 Å². The van der Waals surface area contributed by atoms with Crippen molar-refractivity contribution in [3.63, 3.8) is 0 Å². The van der Waals surface area contributed by atoms with E-state index in [0.29, 0.717) is 11.3 Å². The maximum absolute atomic E-state index is 13.0. The molecule has 0 saturated carbocycles. The van der Waals surface area contributed by atoms with Gasteiger partial charge in [0.05, 0.1) is 11.3 Å². The maximum Gasteiger partial charge on any atom is 0.125 e. The van der Waals surface area contributed by atoms with Crippen LogP contribution < -0.4 is 5.32 Å². The van der Waals surface area contributed by atoms with Crippen molar-refractivity contribution in [3.8, 4) is 6.07 Å². The van der Waals surface area contributed by atoms with Gasteiger partial charge in [0.1, 0.15) is 11.9 Å². The van der Waals surface area contributed by atoms with E-state index >= 15 is 0 Å². The van der Waals surface area contributed by atoms with Gasteiger partial charge in [-0.3, -0.25) is 0 Å². The summed E-state index contributed by atoms with van der Waals surface area (Å²) in [7, 11) is 0. The van der Waals surface area contributed by atoms with E-state index in [1.54, 1.807) is 12.1 Å². The van der Waals surface area contributed by atoms with Crippen molar-refractivity contribution in [2.75, 3.05) is 5.32 Å². The molecular formula is C15H17FN2. The third-order valence-electron chi connectivity index (χ3n) is 2.38. The number of halogens is 1. The zero-order valence-electron chi connectivity index (χ0n) is 10.7. The molecule has 1 aromatic carbocycles. The lowest BCUT2D eigenvalue weighted by molar-refractivity contribution is 0.628. The molecule has 0 aliphatic heterocycles. The maximum atomic E-state index is 13.0. The van der Waals surface area contributed by atoms with E-state index < -0.39 is 0 Å². The normalized spacial score (nSPS) is 13.4. The van der Waals surface area contributed by atoms with Crippen LogP contribution >= 0.6 is 0 Å². The lowest BCUT2D eigenvalue weighted by atomic mass is 10.0. The van der Waals surface area contributed by atoms with Crippen molar-refractivity contribution in [3.05, 3.63) is 53.5 Å². The summed E-state index contributed by atoms with van der Waals surface area (Å²) in [6.45, 7) is 4.00. The largest absolute Gasteiger partial charge is 0.355 e. The van der Waals surface area contributed by atoms with E-state index in [2.05, 4.69) is 11.4 Å². The Hall–Kier alpha value is -2.08. The van der Waals surface area contributed by atoms with Crippen molar-refractivity contribution >= 4 is 5.69 Å². The molecule has 2 rings (SSSR count). The van der Waals surface area contributed by atoms with Gasteiger partial charge in [0, 0.05) is 5.69 Å². The molecule has 2 nitrogen and oxygen atoms in total. The van der Waals surface area contributed by atoms with Crippen LogP contribution in [0, 0.1) is 17.1 Å². The Morgan fingerprint density at radius 2 is 1.94 bits per heavy atom. The zero-order valence-corrected chi connectivity index (χ0v) is 10.7. The molecule has 1 aliphatic rings. The monoisotopic (exact) mass is 244 g/mol. The standard InChI is InChI=1S/C13H11FN2.C2H6/c14-11-5-3-6-12(8-11)16-13-7-2-1-4-10(13)9-15;1-2/h3-8,16H,1-2H2;1-2H3. The third kappa shape index (κ3) is 3.74. The summed E-state index contributed by atoms with van der Waals surface area (Å²) in [5.41, 5.74) is 2.05. The Morgan fingerprint density at radius 3 is 2.61 bits per heavy atom. The van der Waals surface area contributed by atoms with Crippen molar-refractivity contribution in [2.24, 2.45) is 0 Å². The number of hydrogen-bond acceptors (Lipinski definition) is 2. The summed E-state index contributed by atoms with van der Waals surface area (Å²) < 4.78 is 13.0. The molecule has 0 atom stereocenters. The number of nitrogens with zero attached hydrogens (tertiary/aromatic N) is 1. The molecule has 0 aromatic heterocycles. The Balaban J connectivity index is 0.000000771. The molecule has 18 heavy (non-hydrogen) atoms. The van der Waals surface area contributed by atoms with Gasteiger partial charge in [-0.1, -0.05) is 32.1 Å². The van der Waals surface area contributed by atoms with Crippen molar-refractivity contribution in [2.45, 2.75) is 26.7 Å². The Kier molecular flexibility index (Phi) is 5.66. The summed E-state index contributed by atoms with van der Waals surface area (Å²) >= 11 is 0. The van der Waals surface area contributed by atoms with Gasteiger partial charge in [0.15, 0.2) is 0 Å². The van der Waals surface area contributed by atoms with E-state index in [-0.39, 0.29) is 5.82 Å². The minimum atomic E-state index is -0.288. The second kappa shape index (κ2) is 7.29. The van der Waals surface area contributed by atoms with Crippen LogP contribution in [0.1, 0.15) is 26.7 Å². The first-order valence-corrected chi connectivity index (χ1v) is 6.13. The number of rotatable bonds is 2. The molecule has 0 radical (unpaired) electrons. The fourth-order valence-corrected chi connectivity index (χ4v) is 1.62. The average molecular weight is 244 g/mol. The van der Waals surface area contributed by atoms with Gasteiger partial charge >= 0.3 is 0 Å². The highest BCUT2D eigenvalue weighted by atomic mass is 19.1. The van der Waals surface area contributed by atoms with Gasteiger partial charge in [0.2, 0.25) is 0 Å². The molecule has 0 heterocycles. The van der Waals surface area contributed by atoms with Gasteiger partial charge in [0.25, 0.3) is 0 Å². The fourth-order valence-electron chi connectivity index (χ4n) is 1.62. The molecule has 0 fully saturated rings. The van der Waals surface area contributed by atoms with E-state index in [9.17, 15) is 4.39 Å². The molecule has 0 bridgehead atoms. The smallest absolute Gasteiger partial charge is 0.125 e. The number of anilines is 1. The summed E-state index contributed by atoms with van der Waals surface area (Å²) in [4.78, 5) is 0. The molecule has 0 spiro atoms. The molecule has 1 aromatic rings. The van der Waals surface area contributed by atoms with Crippen LogP contribution in [0.15, 0.2) is 47.7 Å². The lowest BCUT2D eigenvalue weighted by Crippen LogP contribution is -2.04. The van der Waals surface area contributed by atoms with Gasteiger partial charge in [-0.25, -0.2) is 4.39 Å². The predicted molar refractivity (Wildman–Crippen MR) is 72.4 cm³/mol. The Labute approximate surface area is 107 Å². The minimum absolute atomic E-state index is 0.288. The average Bonchev–Trinajstić information content (AvgIpc) is 2.42. The van der Waals surface area contributed by atoms with Gasteiger partial charge in [-0.05, 0) is 31.0 Å². The Bertz CT molecular complexity index is 495. The van der Waals surface area contributed by atoms with E-state index in [0.717, 1.165) is 18.5 Å². The topological polar surface area (TPSA) is 35.8 Å². The van der Waals surface area contributed by atoms with Crippen LogP contribution in [0.2, 0.25) is 0 Å². The van der Waals surface area contributed by atoms with Crippen LogP contribution in [0.3, 0.4) is 0 Å². The van der Waals surface area contributed by atoms with Crippen LogP contribution in [-0.4, -0.2) is 0 Å². The summed E-state index contributed by atoms with van der Waals surface area (Å²) in [5.74, 6) is -0.288. The molecule has 0 saturated heterocycles. The highest BCUT2D eigenvalue weighted by Crippen LogP contribution is 2.21. The molecule has 3 heteroatoms. The number of benzene rings is 1. The molecule has 94 valence electrons. The van der Waals surface area contributed by atoms with E-state index in [1.165, 1.54) is 12.1 Å². The number of allylic oxidation sites excluding steroid dienone is 3. The van der Waals surface area contributed by atoms with Gasteiger partial charge in [-0.2, -0.15) is 5.26 Å². The van der Waals surface area contributed by atoms with E-state index in [4.69, 9.17) is 5.26 Å². The first-order valence-electron chi connectivity index (χ1n) is 6.13. The zero-order chi connectivity index (χ0) is 13.4. The summed E-state index contributed by atoms with van der Waals surface area (Å²) in [6.07, 6.45) is 5.64. The number of nitrogens with one attached hydrogen (secondary N) is 1. The van der Waals surface area contributed by atoms with Crippen molar-refractivity contribution in [1.82, 2.24) is 0 Å². The highest BCUT2D eigenvalue weighted by Gasteiger charge is 2.08. The first-order chi connectivity index (χ1) is 8.79. The molecule has 1 N–H and O–H groups in total. The third-order valence-corrected chi connectivity index (χ3v) is 2.38. The van der Waals surface area contributed by atoms with Crippen molar-refractivity contribution < 1.29 is 4.39 Å². The summed E-state index contributed by atoms with van der Waals surface area (Å²) in [5, 5.41) is 12.0. The Morgan fingerprint density at radius 1 is 1.22 bits per heavy atom. The van der Waals surface area contributed by atoms with E-state index in [1.807, 2.05) is 26.0 Å². The SMILES string of the molecule is CC.N#CC1=CCCC=C1Nc1cccc(F)c1. The number of hydrogen-bond donors (Lipinski definition) is 1. The second-order valence-corrected chi connectivity index (χ2v) is 3.56. The summed E-state index contributed by atoms with van der Waals surface area (Å²) in [6, 6.07) is 8.33. The van der Waals surface area contributed by atoms with Crippen LogP contribution in [0.25, 0.3) is 0 Å². The highest BCUT2D eigenvalue weighted by molar-refractivity contribution is 5.57. The second-order valence-electron chi connectivity index (χ2n) is 3.56. The molecule has 0 unspecified atom stereocenters. The van der Waals surface area contributed by atoms with Gasteiger partial charge in [-0.15, -0.1) is 0 Å². The molecular weight excluding hydrogens is 227 g/mol. The molecule has 0 amide bonds. The van der Waals surface area contributed by atoms with Crippen molar-refractivity contribution in [1.29, 1.82) is 5.26 Å². The fraction of sp³-hybridized carbons (Fsp3) is 0.267. The molecule has 1 aliphatic carbocycles. The first kappa shape index (κ1) is 14.0. The minimum Gasteiger partial charge on any atom is -0.355 e. The van der Waals surface area contributed by atoms with Crippen LogP contribution in [0.4, 0.5) is 10.1 Å². The van der Waals surface area contributed by atoms with Crippen LogP contribution in [-0.2, 0) is 0 Å². The predicted octanol–water partition coefficient (Wildman–Crippen LogP) is 4.39. The quantitative estimate of drug-likeness (QED) is 0.837.